The van der Waals surface area contributed by atoms with E-state index in [1.54, 1.807) is 0 Å². The Kier molecular flexibility index (Phi) is 31.7. The molecule has 49 heavy (non-hydrogen) atoms. The predicted octanol–water partition coefficient (Wildman–Crippen LogP) is 13.7. The van der Waals surface area contributed by atoms with E-state index >= 15 is 0 Å². The molecule has 4 heteroatoms. The number of ether oxygens (including phenoxy) is 1. The van der Waals surface area contributed by atoms with Crippen LogP contribution in [0.25, 0.3) is 0 Å². The van der Waals surface area contributed by atoms with Crippen LogP contribution in [-0.4, -0.2) is 36.6 Å². The first-order valence-electron chi connectivity index (χ1n) is 21.5. The standard InChI is InChI=1S/C45H84N2O2/c1-5-7-9-11-13-15-17-19-21-23-25-27-29-31-33-35-41-48-45(44(46)38-37-43(3)4)39-40-47(45)49-42-36-34-32-30-28-26-24-22-20-18-16-14-12-10-8-6-2/h13-16,19-22,43-44H,5-12,17-18,23-42,46H2,1-4H3/b15-13-,16-14-,21-19-,22-20-. The van der Waals surface area contributed by atoms with Gasteiger partial charge in [-0.3, -0.25) is 4.84 Å². The van der Waals surface area contributed by atoms with E-state index in [1.165, 1.54) is 128 Å². The third-order valence-corrected chi connectivity index (χ3v) is 10.0. The number of rotatable bonds is 36. The van der Waals surface area contributed by atoms with Crippen molar-refractivity contribution in [1.29, 1.82) is 0 Å². The highest BCUT2D eigenvalue weighted by atomic mass is 16.7. The average Bonchev–Trinajstić information content (AvgIpc) is 3.09. The number of unbranched alkanes of at least 4 members (excludes halogenated alkanes) is 18. The quantitative estimate of drug-likeness (QED) is 0.0527. The van der Waals surface area contributed by atoms with Gasteiger partial charge in [0.05, 0.1) is 6.61 Å². The number of nitrogens with two attached hydrogens (primary N) is 1. The average molecular weight is 685 g/mol. The first kappa shape index (κ1) is 45.8. The van der Waals surface area contributed by atoms with Crippen molar-refractivity contribution in [2.24, 2.45) is 11.7 Å². The van der Waals surface area contributed by atoms with Crippen molar-refractivity contribution in [3.63, 3.8) is 0 Å². The summed E-state index contributed by atoms with van der Waals surface area (Å²) in [4.78, 5) is 6.33. The van der Waals surface area contributed by atoms with Crippen LogP contribution in [0.3, 0.4) is 0 Å². The summed E-state index contributed by atoms with van der Waals surface area (Å²) in [5, 5.41) is 2.11. The second-order valence-electron chi connectivity index (χ2n) is 15.1. The maximum Gasteiger partial charge on any atom is 0.160 e. The smallest absolute Gasteiger partial charge is 0.160 e. The lowest BCUT2D eigenvalue weighted by Gasteiger charge is -2.53. The van der Waals surface area contributed by atoms with Crippen molar-refractivity contribution in [2.75, 3.05) is 19.8 Å². The van der Waals surface area contributed by atoms with Crippen LogP contribution < -0.4 is 5.73 Å². The van der Waals surface area contributed by atoms with E-state index in [1.807, 2.05) is 0 Å². The van der Waals surface area contributed by atoms with Gasteiger partial charge in [0, 0.05) is 25.6 Å². The topological polar surface area (TPSA) is 47.7 Å². The van der Waals surface area contributed by atoms with E-state index in [0.29, 0.717) is 5.92 Å². The Bertz CT molecular complexity index is 819. The van der Waals surface area contributed by atoms with Gasteiger partial charge in [0.2, 0.25) is 0 Å². The highest BCUT2D eigenvalue weighted by Crippen LogP contribution is 2.37. The molecule has 0 spiro atoms. The number of hydrogen-bond acceptors (Lipinski definition) is 4. The van der Waals surface area contributed by atoms with Gasteiger partial charge in [-0.25, -0.2) is 0 Å². The molecule has 0 radical (unpaired) electrons. The van der Waals surface area contributed by atoms with Gasteiger partial charge in [0.25, 0.3) is 0 Å². The van der Waals surface area contributed by atoms with Gasteiger partial charge in [-0.05, 0) is 95.8 Å². The van der Waals surface area contributed by atoms with E-state index < -0.39 is 5.72 Å². The zero-order valence-corrected chi connectivity index (χ0v) is 33.3. The maximum atomic E-state index is 6.83. The Hall–Kier alpha value is -1.20. The SMILES string of the molecule is CCCCC/C=C\C/C=C\CCCCCCCCON1CCC1(OCCCCCCCC/C=C\C/C=C\CCCCC)C(N)CCC(C)C. The van der Waals surface area contributed by atoms with Crippen molar-refractivity contribution in [3.05, 3.63) is 48.6 Å². The lowest BCUT2D eigenvalue weighted by Crippen LogP contribution is -2.69. The molecule has 1 aliphatic heterocycles. The monoisotopic (exact) mass is 685 g/mol. The van der Waals surface area contributed by atoms with Crippen LogP contribution in [0, 0.1) is 5.92 Å². The molecule has 0 amide bonds. The van der Waals surface area contributed by atoms with Crippen molar-refractivity contribution < 1.29 is 9.57 Å². The van der Waals surface area contributed by atoms with E-state index in [-0.39, 0.29) is 6.04 Å². The van der Waals surface area contributed by atoms with E-state index in [4.69, 9.17) is 15.3 Å². The summed E-state index contributed by atoms with van der Waals surface area (Å²) in [7, 11) is 0. The minimum Gasteiger partial charge on any atom is -0.357 e. The van der Waals surface area contributed by atoms with Crippen LogP contribution in [0.2, 0.25) is 0 Å². The summed E-state index contributed by atoms with van der Waals surface area (Å²) < 4.78 is 6.63. The minimum atomic E-state index is -0.426. The molecule has 1 aliphatic rings. The fourth-order valence-corrected chi connectivity index (χ4v) is 6.56. The summed E-state index contributed by atoms with van der Waals surface area (Å²) in [6.45, 7) is 11.6. The number of hydroxylamine groups is 2. The molecule has 2 N–H and O–H groups in total. The molecule has 0 aromatic rings. The van der Waals surface area contributed by atoms with Crippen molar-refractivity contribution >= 4 is 0 Å². The summed E-state index contributed by atoms with van der Waals surface area (Å²) in [6, 6.07) is 0.00381. The normalized spacial score (nSPS) is 17.9. The summed E-state index contributed by atoms with van der Waals surface area (Å²) in [5.74, 6) is 0.656. The number of nitrogens with zero attached hydrogens (tertiary/aromatic N) is 1. The Morgan fingerprint density at radius 1 is 0.551 bits per heavy atom. The first-order valence-corrected chi connectivity index (χ1v) is 21.5. The van der Waals surface area contributed by atoms with E-state index in [0.717, 1.165) is 64.7 Å². The molecule has 0 bridgehead atoms. The highest BCUT2D eigenvalue weighted by molar-refractivity contribution is 4.97. The van der Waals surface area contributed by atoms with Gasteiger partial charge in [-0.1, -0.05) is 153 Å². The van der Waals surface area contributed by atoms with Crippen LogP contribution in [0.4, 0.5) is 0 Å². The number of allylic oxidation sites excluding steroid dienone is 8. The summed E-state index contributed by atoms with van der Waals surface area (Å²) in [6.07, 6.45) is 52.2. The van der Waals surface area contributed by atoms with Crippen LogP contribution in [0.1, 0.15) is 201 Å². The fraction of sp³-hybridized carbons (Fsp3) is 0.822. The second-order valence-corrected chi connectivity index (χ2v) is 15.1. The summed E-state index contributed by atoms with van der Waals surface area (Å²) in [5.41, 5.74) is 6.40. The van der Waals surface area contributed by atoms with Crippen LogP contribution >= 0.6 is 0 Å². The van der Waals surface area contributed by atoms with Crippen molar-refractivity contribution in [3.8, 4) is 0 Å². The van der Waals surface area contributed by atoms with Crippen LogP contribution in [0.15, 0.2) is 48.6 Å². The van der Waals surface area contributed by atoms with Gasteiger partial charge < -0.3 is 10.5 Å². The molecule has 0 aliphatic carbocycles. The largest absolute Gasteiger partial charge is 0.357 e. The Morgan fingerprint density at radius 2 is 0.980 bits per heavy atom. The molecule has 2 unspecified atom stereocenters. The molecule has 1 rings (SSSR count). The second kappa shape index (κ2) is 33.9. The molecular formula is C45H84N2O2. The molecule has 0 aromatic carbocycles. The molecule has 4 nitrogen and oxygen atoms in total. The first-order chi connectivity index (χ1) is 24.1. The third-order valence-electron chi connectivity index (χ3n) is 10.0. The molecule has 2 atom stereocenters. The van der Waals surface area contributed by atoms with E-state index in [2.05, 4.69) is 81.4 Å². The highest BCUT2D eigenvalue weighted by Gasteiger charge is 2.51. The molecule has 1 fully saturated rings. The van der Waals surface area contributed by atoms with Gasteiger partial charge in [0.1, 0.15) is 0 Å². The van der Waals surface area contributed by atoms with Gasteiger partial charge >= 0.3 is 0 Å². The Balaban J connectivity index is 2.16. The van der Waals surface area contributed by atoms with Crippen molar-refractivity contribution in [2.45, 2.75) is 213 Å². The lowest BCUT2D eigenvalue weighted by molar-refractivity contribution is -0.370. The van der Waals surface area contributed by atoms with Gasteiger partial charge in [0.15, 0.2) is 5.72 Å². The molecule has 1 heterocycles. The van der Waals surface area contributed by atoms with Gasteiger partial charge in [-0.2, -0.15) is 5.06 Å². The Morgan fingerprint density at radius 3 is 1.41 bits per heavy atom. The molecule has 1 saturated heterocycles. The van der Waals surface area contributed by atoms with Crippen LogP contribution in [-0.2, 0) is 9.57 Å². The molecule has 0 aromatic heterocycles. The Labute approximate surface area is 306 Å². The predicted molar refractivity (Wildman–Crippen MR) is 217 cm³/mol. The van der Waals surface area contributed by atoms with Gasteiger partial charge in [-0.15, -0.1) is 0 Å². The third kappa shape index (κ3) is 25.4. The molecular weight excluding hydrogens is 601 g/mol. The van der Waals surface area contributed by atoms with Crippen LogP contribution in [0.5, 0.6) is 0 Å². The molecule has 0 saturated carbocycles. The zero-order valence-electron chi connectivity index (χ0n) is 33.3. The summed E-state index contributed by atoms with van der Waals surface area (Å²) >= 11 is 0. The minimum absolute atomic E-state index is 0.00381. The van der Waals surface area contributed by atoms with E-state index in [9.17, 15) is 0 Å². The van der Waals surface area contributed by atoms with Crippen molar-refractivity contribution in [1.82, 2.24) is 5.06 Å². The molecule has 286 valence electrons. The zero-order chi connectivity index (χ0) is 35.5. The lowest BCUT2D eigenvalue weighted by atomic mass is 9.88. The number of hydrogen-bond donors (Lipinski definition) is 1. The fourth-order valence-electron chi connectivity index (χ4n) is 6.56. The maximum absolute atomic E-state index is 6.83.